The molecule has 0 radical (unpaired) electrons. The summed E-state index contributed by atoms with van der Waals surface area (Å²) in [6.07, 6.45) is 7.78. The van der Waals surface area contributed by atoms with Crippen molar-refractivity contribution in [2.24, 2.45) is 10.1 Å². The van der Waals surface area contributed by atoms with Gasteiger partial charge in [0.15, 0.2) is 5.82 Å². The number of rotatable bonds is 1. The minimum atomic E-state index is 0.341. The fourth-order valence-electron chi connectivity index (χ4n) is 2.35. The van der Waals surface area contributed by atoms with Gasteiger partial charge < -0.3 is 4.90 Å². The van der Waals surface area contributed by atoms with E-state index in [1.165, 1.54) is 0 Å². The van der Waals surface area contributed by atoms with Crippen molar-refractivity contribution in [3.05, 3.63) is 29.5 Å². The number of Topliss-reactive ketones (excluding diaryl/α,β-unsaturated/α-hetero) is 1. The van der Waals surface area contributed by atoms with Crippen LogP contribution in [-0.2, 0) is 4.79 Å². The molecule has 0 aromatic rings. The van der Waals surface area contributed by atoms with Gasteiger partial charge in [-0.15, -0.1) is 0 Å². The van der Waals surface area contributed by atoms with Crippen LogP contribution in [0.3, 0.4) is 0 Å². The maximum absolute atomic E-state index is 11.4. The van der Waals surface area contributed by atoms with E-state index < -0.39 is 0 Å². The molecule has 0 bridgehead atoms. The van der Waals surface area contributed by atoms with Gasteiger partial charge in [-0.25, -0.2) is 4.99 Å². The molecule has 0 aliphatic carbocycles. The predicted molar refractivity (Wildman–Crippen MR) is 73.6 cm³/mol. The van der Waals surface area contributed by atoms with Crippen LogP contribution in [0.5, 0.6) is 0 Å². The molecule has 5 nitrogen and oxygen atoms in total. The lowest BCUT2D eigenvalue weighted by Crippen LogP contribution is -2.39. The van der Waals surface area contributed by atoms with E-state index in [0.29, 0.717) is 18.6 Å². The van der Waals surface area contributed by atoms with Crippen LogP contribution in [-0.4, -0.2) is 40.7 Å². The lowest BCUT2D eigenvalue weighted by molar-refractivity contribution is -0.121. The molecule has 0 aromatic heterocycles. The van der Waals surface area contributed by atoms with Crippen molar-refractivity contribution >= 4 is 17.7 Å². The topological polar surface area (TPSA) is 48.3 Å². The quantitative estimate of drug-likeness (QED) is 0.670. The second kappa shape index (κ2) is 4.86. The second-order valence-corrected chi connectivity index (χ2v) is 4.80. The highest BCUT2D eigenvalue weighted by Gasteiger charge is 2.26. The molecule has 98 valence electrons. The van der Waals surface area contributed by atoms with Crippen molar-refractivity contribution in [3.63, 3.8) is 0 Å². The van der Waals surface area contributed by atoms with E-state index in [4.69, 9.17) is 0 Å². The zero-order chi connectivity index (χ0) is 13.2. The van der Waals surface area contributed by atoms with Gasteiger partial charge in [-0.2, -0.15) is 10.1 Å². The molecule has 5 heteroatoms. The molecule has 19 heavy (non-hydrogen) atoms. The standard InChI is InChI=1S/C14H16N4O/c1-11-10-14(17-8-5-12(19)6-9-17)18-13(16-11)4-2-3-7-15-18/h2,7,10H,3,5-6,8-9H2,1H3. The average molecular weight is 256 g/mol. The number of aliphatic imine (C=N–C) groups is 1. The first kappa shape index (κ1) is 11.9. The number of carbonyl (C=O) groups excluding carboxylic acids is 1. The molecule has 0 unspecified atom stereocenters. The molecule has 0 amide bonds. The molecule has 3 rings (SSSR count). The predicted octanol–water partition coefficient (Wildman–Crippen LogP) is 1.66. The molecule has 0 spiro atoms. The summed E-state index contributed by atoms with van der Waals surface area (Å²) in [6.45, 7) is 3.47. The Kier molecular flexibility index (Phi) is 3.05. The van der Waals surface area contributed by atoms with Crippen LogP contribution in [0, 0.1) is 0 Å². The Hall–Kier alpha value is -2.13. The monoisotopic (exact) mass is 256 g/mol. The SMILES string of the molecule is CC1=NC2=C=CCC=NN2C(N2CCC(=O)CC2)=C1. The van der Waals surface area contributed by atoms with E-state index in [-0.39, 0.29) is 0 Å². The molecule has 1 saturated heterocycles. The van der Waals surface area contributed by atoms with Crippen molar-refractivity contribution in [2.75, 3.05) is 13.1 Å². The molecular weight excluding hydrogens is 240 g/mol. The third-order valence-corrected chi connectivity index (χ3v) is 3.33. The number of ketones is 1. The van der Waals surface area contributed by atoms with Gasteiger partial charge in [-0.3, -0.25) is 4.79 Å². The van der Waals surface area contributed by atoms with Gasteiger partial charge in [0.1, 0.15) is 11.6 Å². The van der Waals surface area contributed by atoms with E-state index in [2.05, 4.69) is 20.7 Å². The summed E-state index contributed by atoms with van der Waals surface area (Å²) in [6, 6.07) is 0. The lowest BCUT2D eigenvalue weighted by Gasteiger charge is -2.35. The summed E-state index contributed by atoms with van der Waals surface area (Å²) < 4.78 is 0. The first-order valence-corrected chi connectivity index (χ1v) is 6.55. The van der Waals surface area contributed by atoms with Gasteiger partial charge >= 0.3 is 0 Å². The van der Waals surface area contributed by atoms with Crippen molar-refractivity contribution in [1.29, 1.82) is 0 Å². The number of nitrogens with zero attached hydrogens (tertiary/aromatic N) is 4. The number of hydrogen-bond donors (Lipinski definition) is 0. The molecule has 0 N–H and O–H groups in total. The van der Waals surface area contributed by atoms with E-state index in [0.717, 1.165) is 36.9 Å². The number of carbonyl (C=O) groups is 1. The molecule has 3 heterocycles. The summed E-state index contributed by atoms with van der Waals surface area (Å²) >= 11 is 0. The normalized spacial score (nSPS) is 22.6. The van der Waals surface area contributed by atoms with Crippen LogP contribution in [0.2, 0.25) is 0 Å². The second-order valence-electron chi connectivity index (χ2n) is 4.80. The van der Waals surface area contributed by atoms with Gasteiger partial charge in [0.05, 0.1) is 0 Å². The Morgan fingerprint density at radius 2 is 2.11 bits per heavy atom. The number of piperidine rings is 1. The zero-order valence-corrected chi connectivity index (χ0v) is 11.0. The third-order valence-electron chi connectivity index (χ3n) is 3.33. The Morgan fingerprint density at radius 3 is 2.89 bits per heavy atom. The molecule has 0 aromatic carbocycles. The number of likely N-dealkylation sites (tertiary alicyclic amines) is 1. The summed E-state index contributed by atoms with van der Waals surface area (Å²) in [4.78, 5) is 18.0. The summed E-state index contributed by atoms with van der Waals surface area (Å²) in [5.41, 5.74) is 4.10. The van der Waals surface area contributed by atoms with Crippen LogP contribution in [0.1, 0.15) is 26.2 Å². The molecule has 1 fully saturated rings. The molecule has 3 aliphatic heterocycles. The zero-order valence-electron chi connectivity index (χ0n) is 11.0. The fourth-order valence-corrected chi connectivity index (χ4v) is 2.35. The average Bonchev–Trinajstić information content (AvgIpc) is 2.64. The van der Waals surface area contributed by atoms with Crippen LogP contribution < -0.4 is 0 Å². The van der Waals surface area contributed by atoms with E-state index in [1.54, 1.807) is 0 Å². The van der Waals surface area contributed by atoms with Gasteiger partial charge in [0, 0.05) is 50.4 Å². The molecule has 3 aliphatic rings. The highest BCUT2D eigenvalue weighted by molar-refractivity contribution is 5.95. The number of hydrogen-bond acceptors (Lipinski definition) is 5. The third kappa shape index (κ3) is 2.37. The Labute approximate surface area is 112 Å². The Morgan fingerprint density at radius 1 is 1.32 bits per heavy atom. The summed E-state index contributed by atoms with van der Waals surface area (Å²) in [7, 11) is 0. The Bertz CT molecular complexity index is 554. The van der Waals surface area contributed by atoms with Crippen LogP contribution in [0.25, 0.3) is 0 Å². The fraction of sp³-hybridized carbons (Fsp3) is 0.429. The first-order chi connectivity index (χ1) is 9.24. The van der Waals surface area contributed by atoms with E-state index in [9.17, 15) is 4.79 Å². The van der Waals surface area contributed by atoms with Crippen LogP contribution in [0.15, 0.2) is 39.6 Å². The number of allylic oxidation sites excluding steroid dienone is 2. The van der Waals surface area contributed by atoms with Crippen molar-refractivity contribution in [1.82, 2.24) is 9.91 Å². The summed E-state index contributed by atoms with van der Waals surface area (Å²) in [5.74, 6) is 2.06. The van der Waals surface area contributed by atoms with Crippen LogP contribution in [0.4, 0.5) is 0 Å². The van der Waals surface area contributed by atoms with Crippen molar-refractivity contribution in [2.45, 2.75) is 26.2 Å². The highest BCUT2D eigenvalue weighted by atomic mass is 16.1. The lowest BCUT2D eigenvalue weighted by atomic mass is 10.1. The first-order valence-electron chi connectivity index (χ1n) is 6.55. The van der Waals surface area contributed by atoms with E-state index in [1.807, 2.05) is 30.3 Å². The minimum absolute atomic E-state index is 0.341. The van der Waals surface area contributed by atoms with Crippen molar-refractivity contribution < 1.29 is 4.79 Å². The Balaban J connectivity index is 1.93. The van der Waals surface area contributed by atoms with Crippen molar-refractivity contribution in [3.8, 4) is 0 Å². The van der Waals surface area contributed by atoms with Gasteiger partial charge in [-0.05, 0) is 13.0 Å². The maximum atomic E-state index is 11.4. The molecular formula is C14H16N4O. The molecule has 0 atom stereocenters. The van der Waals surface area contributed by atoms with E-state index >= 15 is 0 Å². The number of fused-ring (bicyclic) bond motifs is 1. The highest BCUT2D eigenvalue weighted by Crippen LogP contribution is 2.25. The molecule has 0 saturated carbocycles. The van der Waals surface area contributed by atoms with Gasteiger partial charge in [-0.1, -0.05) is 5.73 Å². The number of hydrazone groups is 1. The minimum Gasteiger partial charge on any atom is -0.356 e. The largest absolute Gasteiger partial charge is 0.356 e. The summed E-state index contributed by atoms with van der Waals surface area (Å²) in [5, 5.41) is 6.24. The van der Waals surface area contributed by atoms with Gasteiger partial charge in [0.2, 0.25) is 0 Å². The smallest absolute Gasteiger partial charge is 0.199 e. The van der Waals surface area contributed by atoms with Gasteiger partial charge in [0.25, 0.3) is 0 Å². The van der Waals surface area contributed by atoms with Crippen LogP contribution >= 0.6 is 0 Å². The maximum Gasteiger partial charge on any atom is 0.199 e.